The number of nitrogens with one attached hydrogen (secondary N) is 2. The topological polar surface area (TPSA) is 111 Å². The molecule has 46 heavy (non-hydrogen) atoms. The SMILES string of the molecule is C.C.C.C.C=Cc1ccc(CSCc2ccc(C(C)CC)cc2)cc1.CCC(C)C(=O)NC(C)(C)CS(=O)(=O)[O-].C[NH+](C)CCO. The first-order valence-corrected chi connectivity index (χ1v) is 17.3. The Hall–Kier alpha value is -2.17. The lowest BCUT2D eigenvalue weighted by Gasteiger charge is -2.28. The molecule has 2 aromatic rings. The maximum Gasteiger partial charge on any atom is 0.223 e. The molecule has 270 valence electrons. The summed E-state index contributed by atoms with van der Waals surface area (Å²) in [6.45, 7) is 16.1. The molecule has 2 atom stereocenters. The van der Waals surface area contributed by atoms with Gasteiger partial charge in [0.2, 0.25) is 5.91 Å². The molecular formula is C37H70N2O5S2. The van der Waals surface area contributed by atoms with Crippen molar-refractivity contribution < 1.29 is 27.8 Å². The molecule has 7 nitrogen and oxygen atoms in total. The highest BCUT2D eigenvalue weighted by Crippen LogP contribution is 2.22. The second kappa shape index (κ2) is 27.9. The summed E-state index contributed by atoms with van der Waals surface area (Å²) in [5.41, 5.74) is 4.41. The van der Waals surface area contributed by atoms with E-state index in [-0.39, 0.29) is 41.5 Å². The van der Waals surface area contributed by atoms with Crippen molar-refractivity contribution in [2.45, 2.75) is 107 Å². The first-order valence-electron chi connectivity index (χ1n) is 14.6. The number of aliphatic hydroxyl groups is 1. The van der Waals surface area contributed by atoms with Crippen LogP contribution in [0.4, 0.5) is 0 Å². The maximum atomic E-state index is 11.5. The van der Waals surface area contributed by atoms with E-state index in [1.54, 1.807) is 6.92 Å². The molecule has 1 amide bonds. The Morgan fingerprint density at radius 2 is 1.41 bits per heavy atom. The van der Waals surface area contributed by atoms with Crippen LogP contribution in [-0.4, -0.2) is 62.5 Å². The third-order valence-corrected chi connectivity index (χ3v) is 8.74. The Labute approximate surface area is 289 Å². The Bertz CT molecular complexity index is 1130. The molecule has 0 aliphatic rings. The van der Waals surface area contributed by atoms with Crippen LogP contribution in [0.1, 0.15) is 112 Å². The predicted octanol–water partition coefficient (Wildman–Crippen LogP) is 7.42. The summed E-state index contributed by atoms with van der Waals surface area (Å²) in [4.78, 5) is 12.8. The van der Waals surface area contributed by atoms with Gasteiger partial charge in [0.15, 0.2) is 0 Å². The highest BCUT2D eigenvalue weighted by molar-refractivity contribution is 7.97. The molecule has 3 N–H and O–H groups in total. The molecule has 0 radical (unpaired) electrons. The fourth-order valence-electron chi connectivity index (χ4n) is 3.56. The van der Waals surface area contributed by atoms with E-state index in [0.717, 1.165) is 18.1 Å². The van der Waals surface area contributed by atoms with Crippen molar-refractivity contribution in [1.29, 1.82) is 0 Å². The Balaban J connectivity index is -0.000000199. The van der Waals surface area contributed by atoms with Gasteiger partial charge in [0.1, 0.15) is 6.54 Å². The molecule has 0 heterocycles. The van der Waals surface area contributed by atoms with Crippen molar-refractivity contribution in [3.8, 4) is 0 Å². The van der Waals surface area contributed by atoms with Crippen LogP contribution in [0.3, 0.4) is 0 Å². The van der Waals surface area contributed by atoms with Crippen LogP contribution in [0.2, 0.25) is 0 Å². The van der Waals surface area contributed by atoms with E-state index in [2.05, 4.69) is 74.3 Å². The number of likely N-dealkylation sites (N-methyl/N-ethyl adjacent to an activating group) is 1. The molecule has 0 aromatic heterocycles. The molecular weight excluding hydrogens is 617 g/mol. The van der Waals surface area contributed by atoms with Crippen LogP contribution in [-0.2, 0) is 26.4 Å². The summed E-state index contributed by atoms with van der Waals surface area (Å²) in [5, 5.41) is 10.8. The molecule has 2 rings (SSSR count). The number of amides is 1. The molecule has 2 aromatic carbocycles. The van der Waals surface area contributed by atoms with E-state index >= 15 is 0 Å². The summed E-state index contributed by atoms with van der Waals surface area (Å²) in [6, 6.07) is 17.7. The third kappa shape index (κ3) is 26.0. The average Bonchev–Trinajstić information content (AvgIpc) is 2.92. The van der Waals surface area contributed by atoms with E-state index in [0.29, 0.717) is 18.9 Å². The quantitative estimate of drug-likeness (QED) is 0.179. The van der Waals surface area contributed by atoms with Gasteiger partial charge in [0, 0.05) is 23.0 Å². The fourth-order valence-corrected chi connectivity index (χ4v) is 5.47. The van der Waals surface area contributed by atoms with Crippen LogP contribution in [0, 0.1) is 5.92 Å². The van der Waals surface area contributed by atoms with Crippen molar-refractivity contribution in [2.24, 2.45) is 5.92 Å². The molecule has 0 bridgehead atoms. The highest BCUT2D eigenvalue weighted by Gasteiger charge is 2.25. The van der Waals surface area contributed by atoms with E-state index in [1.807, 2.05) is 38.9 Å². The van der Waals surface area contributed by atoms with Crippen LogP contribution in [0.15, 0.2) is 55.1 Å². The first-order chi connectivity index (χ1) is 19.6. The van der Waals surface area contributed by atoms with Gasteiger partial charge in [0.25, 0.3) is 0 Å². The van der Waals surface area contributed by atoms with Crippen molar-refractivity contribution in [3.05, 3.63) is 77.4 Å². The van der Waals surface area contributed by atoms with Crippen LogP contribution >= 0.6 is 11.8 Å². The number of hydrogen-bond acceptors (Lipinski definition) is 6. The maximum absolute atomic E-state index is 11.5. The zero-order valence-electron chi connectivity index (χ0n) is 26.9. The Morgan fingerprint density at radius 3 is 1.74 bits per heavy atom. The standard InChI is InChI=1S/C20H24S.C9H19NO4S.C4H11NO.4CH4/c1-4-16(3)20-12-10-19(11-13-20)15-21-14-18-8-6-17(5-2)7-9-18;1-5-7(2)8(11)10-9(3,4)6-15(12,13)14;1-5(2)3-4-6;;;;/h5-13,16H,2,4,14-15H2,1,3H3;7H,5-6H2,1-4H3,(H,10,11)(H,12,13,14);6H,3-4H2,1-2H3;4*1H4. The number of rotatable bonds is 14. The number of thioether (sulfide) groups is 1. The minimum absolute atomic E-state index is 0. The Morgan fingerprint density at radius 1 is 0.957 bits per heavy atom. The summed E-state index contributed by atoms with van der Waals surface area (Å²) in [5.74, 6) is 1.79. The molecule has 0 fully saturated rings. The molecule has 9 heteroatoms. The summed E-state index contributed by atoms with van der Waals surface area (Å²) in [7, 11) is -0.304. The summed E-state index contributed by atoms with van der Waals surface area (Å²) in [6.07, 6.45) is 3.76. The summed E-state index contributed by atoms with van der Waals surface area (Å²) < 4.78 is 31.7. The van der Waals surface area contributed by atoms with Crippen LogP contribution in [0.25, 0.3) is 6.08 Å². The molecule has 0 saturated heterocycles. The third-order valence-electron chi connectivity index (χ3n) is 6.58. The highest BCUT2D eigenvalue weighted by atomic mass is 32.2. The largest absolute Gasteiger partial charge is 0.748 e. The van der Waals surface area contributed by atoms with Gasteiger partial charge in [0.05, 0.1) is 36.6 Å². The predicted molar refractivity (Wildman–Crippen MR) is 205 cm³/mol. The van der Waals surface area contributed by atoms with Gasteiger partial charge in [-0.25, -0.2) is 8.42 Å². The molecule has 0 saturated carbocycles. The van der Waals surface area contributed by atoms with Gasteiger partial charge in [-0.3, -0.25) is 4.79 Å². The lowest BCUT2D eigenvalue weighted by Crippen LogP contribution is -3.06. The number of carbonyl (C=O) groups is 1. The normalized spacial score (nSPS) is 11.6. The monoisotopic (exact) mass is 686 g/mol. The van der Waals surface area contributed by atoms with Gasteiger partial charge in [-0.1, -0.05) is 119 Å². The van der Waals surface area contributed by atoms with E-state index in [4.69, 9.17) is 5.11 Å². The lowest BCUT2D eigenvalue weighted by atomic mass is 9.98. The fraction of sp³-hybridized carbons (Fsp3) is 0.595. The first kappa shape index (κ1) is 53.3. The van der Waals surface area contributed by atoms with E-state index in [1.165, 1.54) is 47.4 Å². The van der Waals surface area contributed by atoms with Gasteiger partial charge in [-0.2, -0.15) is 11.8 Å². The average molecular weight is 687 g/mol. The Kier molecular flexibility index (Phi) is 32.3. The second-order valence-corrected chi connectivity index (χ2v) is 13.9. The smallest absolute Gasteiger partial charge is 0.223 e. The van der Waals surface area contributed by atoms with Crippen molar-refractivity contribution in [2.75, 3.05) is 33.0 Å². The number of quaternary nitrogens is 1. The minimum atomic E-state index is -4.32. The molecule has 2 unspecified atom stereocenters. The minimum Gasteiger partial charge on any atom is -0.748 e. The van der Waals surface area contributed by atoms with Gasteiger partial charge >= 0.3 is 0 Å². The van der Waals surface area contributed by atoms with Gasteiger partial charge in [-0.15, -0.1) is 0 Å². The number of carbonyl (C=O) groups excluding carboxylic acids is 1. The molecule has 0 aliphatic heterocycles. The number of hydrogen-bond donors (Lipinski definition) is 3. The zero-order chi connectivity index (χ0) is 32.3. The van der Waals surface area contributed by atoms with Crippen LogP contribution in [0.5, 0.6) is 0 Å². The van der Waals surface area contributed by atoms with Gasteiger partial charge in [-0.05, 0) is 54.9 Å². The summed E-state index contributed by atoms with van der Waals surface area (Å²) >= 11 is 1.97. The van der Waals surface area contributed by atoms with E-state index in [9.17, 15) is 17.8 Å². The van der Waals surface area contributed by atoms with Crippen molar-refractivity contribution in [3.63, 3.8) is 0 Å². The number of aliphatic hydroxyl groups excluding tert-OH is 1. The van der Waals surface area contributed by atoms with Crippen LogP contribution < -0.4 is 10.2 Å². The lowest BCUT2D eigenvalue weighted by molar-refractivity contribution is -0.858. The van der Waals surface area contributed by atoms with Crippen molar-refractivity contribution >= 4 is 33.9 Å². The number of benzene rings is 2. The second-order valence-electron chi connectivity index (χ2n) is 11.6. The zero-order valence-corrected chi connectivity index (χ0v) is 28.5. The molecule has 0 aliphatic carbocycles. The molecule has 0 spiro atoms. The van der Waals surface area contributed by atoms with Gasteiger partial charge < -0.3 is 19.9 Å². The van der Waals surface area contributed by atoms with E-state index < -0.39 is 21.4 Å². The van der Waals surface area contributed by atoms with Crippen molar-refractivity contribution in [1.82, 2.24) is 5.32 Å².